The fourth-order valence-electron chi connectivity index (χ4n) is 2.30. The van der Waals surface area contributed by atoms with Gasteiger partial charge in [0.2, 0.25) is 5.91 Å². The Hall–Kier alpha value is -0.810. The van der Waals surface area contributed by atoms with E-state index in [1.807, 2.05) is 12.1 Å². The van der Waals surface area contributed by atoms with E-state index in [4.69, 9.17) is 27.9 Å². The van der Waals surface area contributed by atoms with Crippen LogP contribution in [0.5, 0.6) is 0 Å². The maximum absolute atomic E-state index is 11.7. The summed E-state index contributed by atoms with van der Waals surface area (Å²) in [5.74, 6) is 0.146. The smallest absolute Gasteiger partial charge is 0.223 e. The van der Waals surface area contributed by atoms with E-state index in [-0.39, 0.29) is 12.0 Å². The Morgan fingerprint density at radius 3 is 2.81 bits per heavy atom. The fourth-order valence-corrected chi connectivity index (χ4v) is 2.60. The summed E-state index contributed by atoms with van der Waals surface area (Å²) >= 11 is 12.0. The Kier molecular flexibility index (Phi) is 5.88. The molecule has 4 nitrogen and oxygen atoms in total. The van der Waals surface area contributed by atoms with Gasteiger partial charge in [-0.2, -0.15) is 0 Å². The maximum Gasteiger partial charge on any atom is 0.223 e. The molecule has 116 valence electrons. The predicted octanol–water partition coefficient (Wildman–Crippen LogP) is 2.85. The van der Waals surface area contributed by atoms with E-state index in [2.05, 4.69) is 4.90 Å². The number of benzene rings is 1. The molecule has 6 heteroatoms. The van der Waals surface area contributed by atoms with Crippen LogP contribution in [-0.2, 0) is 9.53 Å². The quantitative estimate of drug-likeness (QED) is 0.851. The van der Waals surface area contributed by atoms with Crippen LogP contribution in [0, 0.1) is 0 Å². The second-order valence-electron chi connectivity index (χ2n) is 5.37. The number of halogens is 2. The number of nitrogens with zero attached hydrogens (tertiary/aromatic N) is 2. The molecule has 1 aromatic rings. The first-order valence-corrected chi connectivity index (χ1v) is 7.72. The molecule has 2 rings (SSSR count). The van der Waals surface area contributed by atoms with Crippen LogP contribution in [0.2, 0.25) is 10.0 Å². The summed E-state index contributed by atoms with van der Waals surface area (Å²) < 4.78 is 5.80. The fraction of sp³-hybridized carbons (Fsp3) is 0.533. The van der Waals surface area contributed by atoms with Crippen molar-refractivity contribution in [2.75, 3.05) is 40.3 Å². The Bertz CT molecular complexity index is 508. The molecule has 1 atom stereocenters. The van der Waals surface area contributed by atoms with Gasteiger partial charge in [0.1, 0.15) is 0 Å². The molecule has 1 aromatic carbocycles. The summed E-state index contributed by atoms with van der Waals surface area (Å²) in [5, 5.41) is 1.09. The maximum atomic E-state index is 11.7. The number of carbonyl (C=O) groups is 1. The molecule has 0 aromatic heterocycles. The molecule has 21 heavy (non-hydrogen) atoms. The highest BCUT2D eigenvalue weighted by molar-refractivity contribution is 6.42. The number of rotatable bonds is 4. The van der Waals surface area contributed by atoms with Gasteiger partial charge >= 0.3 is 0 Å². The Labute approximate surface area is 135 Å². The first kappa shape index (κ1) is 16.6. The number of ether oxygens (including phenoxy) is 1. The summed E-state index contributed by atoms with van der Waals surface area (Å²) in [5.41, 5.74) is 1.02. The molecule has 1 aliphatic heterocycles. The topological polar surface area (TPSA) is 32.8 Å². The predicted molar refractivity (Wildman–Crippen MR) is 84.9 cm³/mol. The van der Waals surface area contributed by atoms with Crippen LogP contribution in [0.3, 0.4) is 0 Å². The lowest BCUT2D eigenvalue weighted by Crippen LogP contribution is -2.40. The number of carbonyl (C=O) groups excluding carboxylic acids is 1. The minimum Gasteiger partial charge on any atom is -0.371 e. The molecule has 0 aliphatic carbocycles. The standard InChI is InChI=1S/C15H20Cl2N2O2/c1-18(2)15(20)5-6-19-7-8-21-14(10-19)11-3-4-12(16)13(17)9-11/h3-4,9,14H,5-8,10H2,1-2H3. The van der Waals surface area contributed by atoms with Gasteiger partial charge in [-0.1, -0.05) is 29.3 Å². The van der Waals surface area contributed by atoms with Crippen LogP contribution in [0.4, 0.5) is 0 Å². The summed E-state index contributed by atoms with van der Waals surface area (Å²) in [6, 6.07) is 5.58. The second-order valence-corrected chi connectivity index (χ2v) is 6.19. The summed E-state index contributed by atoms with van der Waals surface area (Å²) in [7, 11) is 3.56. The zero-order chi connectivity index (χ0) is 15.4. The summed E-state index contributed by atoms with van der Waals surface area (Å²) in [4.78, 5) is 15.5. The van der Waals surface area contributed by atoms with E-state index >= 15 is 0 Å². The highest BCUT2D eigenvalue weighted by Gasteiger charge is 2.23. The van der Waals surface area contributed by atoms with Crippen LogP contribution in [0.25, 0.3) is 0 Å². The van der Waals surface area contributed by atoms with Gasteiger partial charge in [-0.05, 0) is 17.7 Å². The van der Waals surface area contributed by atoms with Crippen LogP contribution in [0.1, 0.15) is 18.1 Å². The molecule has 1 heterocycles. The monoisotopic (exact) mass is 330 g/mol. The third-order valence-corrected chi connectivity index (χ3v) is 4.35. The van der Waals surface area contributed by atoms with E-state index < -0.39 is 0 Å². The number of hydrogen-bond acceptors (Lipinski definition) is 3. The van der Waals surface area contributed by atoms with Gasteiger partial charge in [-0.25, -0.2) is 0 Å². The van der Waals surface area contributed by atoms with Gasteiger partial charge in [-0.15, -0.1) is 0 Å². The SMILES string of the molecule is CN(C)C(=O)CCN1CCOC(c2ccc(Cl)c(Cl)c2)C1. The van der Waals surface area contributed by atoms with Crippen LogP contribution >= 0.6 is 23.2 Å². The first-order chi connectivity index (χ1) is 9.97. The minimum absolute atomic E-state index is 0.0250. The van der Waals surface area contributed by atoms with Crippen LogP contribution < -0.4 is 0 Å². The van der Waals surface area contributed by atoms with E-state index in [0.717, 1.165) is 25.2 Å². The third-order valence-electron chi connectivity index (χ3n) is 3.61. The van der Waals surface area contributed by atoms with Crippen molar-refractivity contribution >= 4 is 29.1 Å². The lowest BCUT2D eigenvalue weighted by molar-refractivity contribution is -0.129. The molecule has 1 unspecified atom stereocenters. The van der Waals surface area contributed by atoms with Crippen molar-refractivity contribution in [2.45, 2.75) is 12.5 Å². The zero-order valence-corrected chi connectivity index (χ0v) is 13.8. The molecule has 1 fully saturated rings. The molecule has 0 spiro atoms. The van der Waals surface area contributed by atoms with Crippen molar-refractivity contribution in [2.24, 2.45) is 0 Å². The molecular weight excluding hydrogens is 311 g/mol. The van der Waals surface area contributed by atoms with Crippen molar-refractivity contribution in [3.63, 3.8) is 0 Å². The van der Waals surface area contributed by atoms with Crippen molar-refractivity contribution < 1.29 is 9.53 Å². The van der Waals surface area contributed by atoms with Gasteiger partial charge in [0.15, 0.2) is 0 Å². The molecule has 1 aliphatic rings. The minimum atomic E-state index is -0.0250. The highest BCUT2D eigenvalue weighted by atomic mass is 35.5. The number of hydrogen-bond donors (Lipinski definition) is 0. The lowest BCUT2D eigenvalue weighted by atomic mass is 10.1. The molecule has 0 radical (unpaired) electrons. The van der Waals surface area contributed by atoms with Crippen molar-refractivity contribution in [3.8, 4) is 0 Å². The second kappa shape index (κ2) is 7.45. The summed E-state index contributed by atoms with van der Waals surface area (Å²) in [6.45, 7) is 3.01. The van der Waals surface area contributed by atoms with Crippen molar-refractivity contribution in [1.82, 2.24) is 9.80 Å². The first-order valence-electron chi connectivity index (χ1n) is 6.96. The number of morpholine rings is 1. The van der Waals surface area contributed by atoms with E-state index in [1.54, 1.807) is 25.1 Å². The average molecular weight is 331 g/mol. The zero-order valence-electron chi connectivity index (χ0n) is 12.3. The van der Waals surface area contributed by atoms with Crippen LogP contribution in [-0.4, -0.2) is 56.0 Å². The normalized spacial score (nSPS) is 19.5. The lowest BCUT2D eigenvalue weighted by Gasteiger charge is -2.33. The van der Waals surface area contributed by atoms with Gasteiger partial charge in [0, 0.05) is 40.2 Å². The molecule has 1 amide bonds. The third kappa shape index (κ3) is 4.58. The molecule has 0 bridgehead atoms. The Morgan fingerprint density at radius 2 is 2.14 bits per heavy atom. The molecular formula is C15H20Cl2N2O2. The van der Waals surface area contributed by atoms with Crippen LogP contribution in [0.15, 0.2) is 18.2 Å². The average Bonchev–Trinajstić information content (AvgIpc) is 2.47. The number of amides is 1. The van der Waals surface area contributed by atoms with E-state index in [0.29, 0.717) is 23.1 Å². The molecule has 0 saturated carbocycles. The molecule has 1 saturated heterocycles. The van der Waals surface area contributed by atoms with E-state index in [1.165, 1.54) is 0 Å². The largest absolute Gasteiger partial charge is 0.371 e. The van der Waals surface area contributed by atoms with E-state index in [9.17, 15) is 4.79 Å². The highest BCUT2D eigenvalue weighted by Crippen LogP contribution is 2.29. The van der Waals surface area contributed by atoms with Crippen molar-refractivity contribution in [3.05, 3.63) is 33.8 Å². The van der Waals surface area contributed by atoms with Gasteiger partial charge in [0.05, 0.1) is 22.8 Å². The van der Waals surface area contributed by atoms with Crippen molar-refractivity contribution in [1.29, 1.82) is 0 Å². The van der Waals surface area contributed by atoms with Gasteiger partial charge in [0.25, 0.3) is 0 Å². The molecule has 0 N–H and O–H groups in total. The summed E-state index contributed by atoms with van der Waals surface area (Å²) in [6.07, 6.45) is 0.504. The Balaban J connectivity index is 1.94. The van der Waals surface area contributed by atoms with Gasteiger partial charge < -0.3 is 9.64 Å². The Morgan fingerprint density at radius 1 is 1.38 bits per heavy atom. The van der Waals surface area contributed by atoms with Gasteiger partial charge in [-0.3, -0.25) is 9.69 Å².